The Morgan fingerprint density at radius 3 is 2.56 bits per heavy atom. The molecule has 0 unspecified atom stereocenters. The van der Waals surface area contributed by atoms with Crippen molar-refractivity contribution in [2.45, 2.75) is 30.7 Å². The average molecular weight is 347 g/mol. The molecule has 0 bridgehead atoms. The van der Waals surface area contributed by atoms with E-state index in [1.807, 2.05) is 30.4 Å². The second kappa shape index (κ2) is 7.70. The van der Waals surface area contributed by atoms with E-state index in [2.05, 4.69) is 63.1 Å². The van der Waals surface area contributed by atoms with Gasteiger partial charge in [0.25, 0.3) is 0 Å². The minimum Gasteiger partial charge on any atom is -0.330 e. The summed E-state index contributed by atoms with van der Waals surface area (Å²) in [5.74, 6) is 1.18. The van der Waals surface area contributed by atoms with Gasteiger partial charge in [0, 0.05) is 16.8 Å². The lowest BCUT2D eigenvalue weighted by molar-refractivity contribution is 0.616. The number of hydrogen-bond donors (Lipinski definition) is 0. The van der Waals surface area contributed by atoms with Gasteiger partial charge in [-0.25, -0.2) is 4.98 Å². The Morgan fingerprint density at radius 2 is 1.64 bits per heavy atom. The van der Waals surface area contributed by atoms with E-state index < -0.39 is 0 Å². The van der Waals surface area contributed by atoms with E-state index in [0.29, 0.717) is 0 Å². The van der Waals surface area contributed by atoms with Gasteiger partial charge in [0.05, 0.1) is 23.6 Å². The second-order valence-corrected chi connectivity index (χ2v) is 7.34. The third-order valence-corrected chi connectivity index (χ3v) is 5.50. The van der Waals surface area contributed by atoms with Crippen molar-refractivity contribution in [3.05, 3.63) is 67.1 Å². The highest BCUT2D eigenvalue weighted by Gasteiger charge is 2.07. The fraction of sp³-hybridized carbons (Fsp3) is 0.238. The minimum absolute atomic E-state index is 0.985. The van der Waals surface area contributed by atoms with Crippen LogP contribution in [0.15, 0.2) is 72.0 Å². The maximum Gasteiger partial charge on any atom is 0.107 e. The summed E-state index contributed by atoms with van der Waals surface area (Å²) in [6.07, 6.45) is 7.50. The van der Waals surface area contributed by atoms with Gasteiger partial charge in [-0.3, -0.25) is 4.98 Å². The summed E-state index contributed by atoms with van der Waals surface area (Å²) in [6.45, 7) is 1.01. The highest BCUT2D eigenvalue weighted by molar-refractivity contribution is 7.99. The summed E-state index contributed by atoms with van der Waals surface area (Å²) in [4.78, 5) is 10.4. The summed E-state index contributed by atoms with van der Waals surface area (Å²) >= 11 is 1.95. The molecule has 25 heavy (non-hydrogen) atoms. The first-order valence-electron chi connectivity index (χ1n) is 8.78. The largest absolute Gasteiger partial charge is 0.330 e. The van der Waals surface area contributed by atoms with E-state index >= 15 is 0 Å². The van der Waals surface area contributed by atoms with Gasteiger partial charge in [0.1, 0.15) is 5.52 Å². The van der Waals surface area contributed by atoms with Crippen LogP contribution in [-0.2, 0) is 6.54 Å². The number of unbranched alkanes of at least 4 members (excludes halogenated alkanes) is 2. The van der Waals surface area contributed by atoms with Crippen LogP contribution in [0.5, 0.6) is 0 Å². The molecule has 0 radical (unpaired) electrons. The van der Waals surface area contributed by atoms with E-state index in [0.717, 1.165) is 17.6 Å². The van der Waals surface area contributed by atoms with Gasteiger partial charge in [-0.05, 0) is 36.8 Å². The van der Waals surface area contributed by atoms with E-state index in [4.69, 9.17) is 0 Å². The summed E-state index contributed by atoms with van der Waals surface area (Å²) in [5, 5.41) is 1.19. The number of pyridine rings is 1. The number of imidazole rings is 1. The molecule has 2 heterocycles. The van der Waals surface area contributed by atoms with Gasteiger partial charge < -0.3 is 4.57 Å². The standard InChI is InChI=1S/C21H21N3S/c1-3-9-17(10-4-1)25-14-8-2-7-13-24-16-23-20-15-22-19-12-6-5-11-18(19)21(20)24/h1,3-6,9-12,15-16H,2,7-8,13-14H2. The molecule has 0 atom stereocenters. The lowest BCUT2D eigenvalue weighted by Gasteiger charge is -2.07. The molecule has 0 saturated heterocycles. The van der Waals surface area contributed by atoms with Gasteiger partial charge in [-0.2, -0.15) is 0 Å². The SMILES string of the molecule is c1ccc(SCCCCCn2cnc3cnc4ccccc4c32)cc1. The lowest BCUT2D eigenvalue weighted by atomic mass is 10.2. The zero-order valence-electron chi connectivity index (χ0n) is 14.1. The summed E-state index contributed by atoms with van der Waals surface area (Å²) in [5.41, 5.74) is 3.23. The molecule has 0 aliphatic rings. The summed E-state index contributed by atoms with van der Waals surface area (Å²) in [6, 6.07) is 18.9. The molecule has 2 aromatic carbocycles. The second-order valence-electron chi connectivity index (χ2n) is 6.17. The molecule has 0 amide bonds. The number of aryl methyl sites for hydroxylation is 1. The molecule has 4 aromatic rings. The van der Waals surface area contributed by atoms with Crippen molar-refractivity contribution in [2.24, 2.45) is 0 Å². The number of rotatable bonds is 7. The number of fused-ring (bicyclic) bond motifs is 3. The Morgan fingerprint density at radius 1 is 0.800 bits per heavy atom. The van der Waals surface area contributed by atoms with Crippen LogP contribution in [0, 0.1) is 0 Å². The van der Waals surface area contributed by atoms with Crippen molar-refractivity contribution in [2.75, 3.05) is 5.75 Å². The molecule has 0 aliphatic heterocycles. The average Bonchev–Trinajstić information content (AvgIpc) is 3.09. The number of benzene rings is 2. The van der Waals surface area contributed by atoms with Gasteiger partial charge in [-0.1, -0.05) is 42.8 Å². The van der Waals surface area contributed by atoms with Crippen molar-refractivity contribution in [3.63, 3.8) is 0 Å². The molecule has 126 valence electrons. The third-order valence-electron chi connectivity index (χ3n) is 4.41. The highest BCUT2D eigenvalue weighted by Crippen LogP contribution is 2.23. The topological polar surface area (TPSA) is 30.7 Å². The Balaban J connectivity index is 1.35. The predicted molar refractivity (Wildman–Crippen MR) is 106 cm³/mol. The molecular weight excluding hydrogens is 326 g/mol. The number of aromatic nitrogens is 3. The quantitative estimate of drug-likeness (QED) is 0.324. The Kier molecular flexibility index (Phi) is 4.98. The first-order valence-corrected chi connectivity index (χ1v) is 9.77. The third kappa shape index (κ3) is 3.69. The molecule has 2 aromatic heterocycles. The number of nitrogens with zero attached hydrogens (tertiary/aromatic N) is 3. The van der Waals surface area contributed by atoms with Crippen molar-refractivity contribution in [1.29, 1.82) is 0 Å². The molecular formula is C21H21N3S. The summed E-state index contributed by atoms with van der Waals surface area (Å²) in [7, 11) is 0. The van der Waals surface area contributed by atoms with E-state index in [1.165, 1.54) is 40.8 Å². The molecule has 0 aliphatic carbocycles. The predicted octanol–water partition coefficient (Wildman–Crippen LogP) is 5.55. The molecule has 3 nitrogen and oxygen atoms in total. The van der Waals surface area contributed by atoms with Crippen LogP contribution in [-0.4, -0.2) is 20.3 Å². The van der Waals surface area contributed by atoms with Crippen molar-refractivity contribution < 1.29 is 0 Å². The zero-order valence-corrected chi connectivity index (χ0v) is 15.0. The molecule has 0 saturated carbocycles. The van der Waals surface area contributed by atoms with Crippen molar-refractivity contribution in [1.82, 2.24) is 14.5 Å². The van der Waals surface area contributed by atoms with Crippen molar-refractivity contribution in [3.8, 4) is 0 Å². The first-order chi connectivity index (χ1) is 12.4. The van der Waals surface area contributed by atoms with Crippen LogP contribution in [0.1, 0.15) is 19.3 Å². The smallest absolute Gasteiger partial charge is 0.107 e. The molecule has 0 N–H and O–H groups in total. The Hall–Kier alpha value is -2.33. The highest BCUT2D eigenvalue weighted by atomic mass is 32.2. The van der Waals surface area contributed by atoms with E-state index in [1.54, 1.807) is 0 Å². The number of hydrogen-bond acceptors (Lipinski definition) is 3. The first kappa shape index (κ1) is 16.2. The van der Waals surface area contributed by atoms with Crippen LogP contribution in [0.4, 0.5) is 0 Å². The fourth-order valence-electron chi connectivity index (χ4n) is 3.14. The Labute approximate surface area is 152 Å². The maximum absolute atomic E-state index is 4.52. The molecule has 4 rings (SSSR count). The normalized spacial score (nSPS) is 11.4. The lowest BCUT2D eigenvalue weighted by Crippen LogP contribution is -1.97. The van der Waals surface area contributed by atoms with Gasteiger partial charge in [0.2, 0.25) is 0 Å². The van der Waals surface area contributed by atoms with Crippen molar-refractivity contribution >= 4 is 33.7 Å². The van der Waals surface area contributed by atoms with Crippen LogP contribution in [0.25, 0.3) is 21.9 Å². The fourth-order valence-corrected chi connectivity index (χ4v) is 4.07. The van der Waals surface area contributed by atoms with Gasteiger partial charge in [-0.15, -0.1) is 11.8 Å². The number of thioether (sulfide) groups is 1. The van der Waals surface area contributed by atoms with E-state index in [-0.39, 0.29) is 0 Å². The minimum atomic E-state index is 0.985. The molecule has 4 heteroatoms. The molecule has 0 spiro atoms. The maximum atomic E-state index is 4.52. The Bertz CT molecular complexity index is 963. The van der Waals surface area contributed by atoms with Gasteiger partial charge in [0.15, 0.2) is 0 Å². The zero-order chi connectivity index (χ0) is 16.9. The number of para-hydroxylation sites is 1. The van der Waals surface area contributed by atoms with Crippen LogP contribution in [0.3, 0.4) is 0 Å². The van der Waals surface area contributed by atoms with Crippen LogP contribution in [0.2, 0.25) is 0 Å². The van der Waals surface area contributed by atoms with E-state index in [9.17, 15) is 0 Å². The monoisotopic (exact) mass is 347 g/mol. The van der Waals surface area contributed by atoms with Crippen LogP contribution >= 0.6 is 11.8 Å². The summed E-state index contributed by atoms with van der Waals surface area (Å²) < 4.78 is 2.28. The van der Waals surface area contributed by atoms with Gasteiger partial charge >= 0.3 is 0 Å². The van der Waals surface area contributed by atoms with Crippen LogP contribution < -0.4 is 0 Å². The molecule has 0 fully saturated rings.